The zero-order valence-electron chi connectivity index (χ0n) is 18.9. The maximum Gasteiger partial charge on any atom is 0.407 e. The summed E-state index contributed by atoms with van der Waals surface area (Å²) in [5.41, 5.74) is 4.49. The highest BCUT2D eigenvalue weighted by Crippen LogP contribution is 2.44. The molecule has 8 heteroatoms. The zero-order chi connectivity index (χ0) is 23.8. The molecule has 0 heterocycles. The standard InChI is InChI=1S/C25H30N2O6/c1-3-22(24(30)26-14-16(32-4-2)13-23(28)29)27-25(31)33-15-21-19-11-7-5-9-17(19)18-10-6-8-12-20(18)21/h5-12,16,21-22H,3-4,13-15H2,1-2H3,(H,26,30)(H,27,31)(H,28,29)/t16?,22-/m0/s1. The Morgan fingerprint density at radius 2 is 1.61 bits per heavy atom. The van der Waals surface area contributed by atoms with E-state index in [1.165, 1.54) is 0 Å². The van der Waals surface area contributed by atoms with E-state index in [0.717, 1.165) is 22.3 Å². The van der Waals surface area contributed by atoms with Gasteiger partial charge < -0.3 is 25.2 Å². The predicted octanol–water partition coefficient (Wildman–Crippen LogP) is 3.30. The normalized spacial score (nSPS) is 14.0. The van der Waals surface area contributed by atoms with Crippen LogP contribution < -0.4 is 10.6 Å². The molecule has 0 saturated heterocycles. The summed E-state index contributed by atoms with van der Waals surface area (Å²) in [5, 5.41) is 14.2. The van der Waals surface area contributed by atoms with Gasteiger partial charge in [0.05, 0.1) is 12.5 Å². The van der Waals surface area contributed by atoms with Crippen LogP contribution in [-0.2, 0) is 19.1 Å². The lowest BCUT2D eigenvalue weighted by atomic mass is 9.98. The van der Waals surface area contributed by atoms with Crippen molar-refractivity contribution in [2.24, 2.45) is 0 Å². The maximum absolute atomic E-state index is 12.5. The Hall–Kier alpha value is -3.39. The zero-order valence-corrected chi connectivity index (χ0v) is 18.9. The number of benzene rings is 2. The summed E-state index contributed by atoms with van der Waals surface area (Å²) in [7, 11) is 0. The van der Waals surface area contributed by atoms with Crippen molar-refractivity contribution >= 4 is 18.0 Å². The first-order chi connectivity index (χ1) is 15.9. The largest absolute Gasteiger partial charge is 0.481 e. The van der Waals surface area contributed by atoms with Gasteiger partial charge in [-0.3, -0.25) is 9.59 Å². The molecular weight excluding hydrogens is 424 g/mol. The summed E-state index contributed by atoms with van der Waals surface area (Å²) in [6.07, 6.45) is -1.17. The number of nitrogens with one attached hydrogen (secondary N) is 2. The smallest absolute Gasteiger partial charge is 0.407 e. The molecule has 0 saturated carbocycles. The lowest BCUT2D eigenvalue weighted by Crippen LogP contribution is -2.48. The Morgan fingerprint density at radius 1 is 1.00 bits per heavy atom. The number of ether oxygens (including phenoxy) is 2. The minimum Gasteiger partial charge on any atom is -0.481 e. The average molecular weight is 455 g/mol. The number of carbonyl (C=O) groups excluding carboxylic acids is 2. The van der Waals surface area contributed by atoms with Crippen LogP contribution in [0.1, 0.15) is 43.7 Å². The Bertz CT molecular complexity index is 947. The molecule has 2 aromatic carbocycles. The number of rotatable bonds is 11. The van der Waals surface area contributed by atoms with E-state index in [1.807, 2.05) is 36.4 Å². The Balaban J connectivity index is 1.55. The molecule has 1 unspecified atom stereocenters. The molecule has 0 bridgehead atoms. The molecule has 2 atom stereocenters. The molecule has 0 aliphatic heterocycles. The molecule has 3 N–H and O–H groups in total. The number of alkyl carbamates (subject to hydrolysis) is 1. The fourth-order valence-corrected chi connectivity index (χ4v) is 4.09. The summed E-state index contributed by atoms with van der Waals surface area (Å²) in [4.78, 5) is 35.9. The van der Waals surface area contributed by atoms with Gasteiger partial charge >= 0.3 is 12.1 Å². The highest BCUT2D eigenvalue weighted by Gasteiger charge is 2.29. The molecule has 8 nitrogen and oxygen atoms in total. The molecule has 0 spiro atoms. The minimum atomic E-state index is -1.01. The van der Waals surface area contributed by atoms with Crippen molar-refractivity contribution in [3.05, 3.63) is 59.7 Å². The van der Waals surface area contributed by atoms with Gasteiger partial charge in [0.25, 0.3) is 0 Å². The SMILES string of the molecule is CCOC(CNC(=O)[C@H](CC)NC(=O)OCC1c2ccccc2-c2ccccc21)CC(=O)O. The molecule has 0 radical (unpaired) electrons. The lowest BCUT2D eigenvalue weighted by Gasteiger charge is -2.20. The Kier molecular flexibility index (Phi) is 8.43. The number of fused-ring (bicyclic) bond motifs is 3. The summed E-state index contributed by atoms with van der Waals surface area (Å²) >= 11 is 0. The fourth-order valence-electron chi connectivity index (χ4n) is 4.09. The first kappa shape index (κ1) is 24.3. The number of carboxylic acids is 1. The second-order valence-electron chi connectivity index (χ2n) is 7.85. The number of hydrogen-bond acceptors (Lipinski definition) is 5. The number of amides is 2. The Labute approximate surface area is 193 Å². The first-order valence-corrected chi connectivity index (χ1v) is 11.2. The van der Waals surface area contributed by atoms with E-state index in [1.54, 1.807) is 13.8 Å². The van der Waals surface area contributed by atoms with E-state index < -0.39 is 30.1 Å². The van der Waals surface area contributed by atoms with Crippen LogP contribution in [0, 0.1) is 0 Å². The topological polar surface area (TPSA) is 114 Å². The van der Waals surface area contributed by atoms with Crippen LogP contribution in [0.2, 0.25) is 0 Å². The summed E-state index contributed by atoms with van der Waals surface area (Å²) < 4.78 is 10.8. The van der Waals surface area contributed by atoms with Crippen LogP contribution in [0.5, 0.6) is 0 Å². The first-order valence-electron chi connectivity index (χ1n) is 11.2. The van der Waals surface area contributed by atoms with Gasteiger partial charge in [-0.15, -0.1) is 0 Å². The van der Waals surface area contributed by atoms with E-state index >= 15 is 0 Å². The molecule has 1 aliphatic carbocycles. The number of hydrogen-bond donors (Lipinski definition) is 3. The fraction of sp³-hybridized carbons (Fsp3) is 0.400. The summed E-state index contributed by atoms with van der Waals surface area (Å²) in [5.74, 6) is -1.49. The summed E-state index contributed by atoms with van der Waals surface area (Å²) in [6, 6.07) is 15.3. The molecule has 33 heavy (non-hydrogen) atoms. The third-order valence-corrected chi connectivity index (χ3v) is 5.67. The molecule has 2 aromatic rings. The third-order valence-electron chi connectivity index (χ3n) is 5.67. The van der Waals surface area contributed by atoms with Crippen molar-refractivity contribution in [3.8, 4) is 11.1 Å². The highest BCUT2D eigenvalue weighted by molar-refractivity contribution is 5.85. The Morgan fingerprint density at radius 3 is 2.15 bits per heavy atom. The van der Waals surface area contributed by atoms with E-state index in [9.17, 15) is 14.4 Å². The minimum absolute atomic E-state index is 0.0435. The monoisotopic (exact) mass is 454 g/mol. The quantitative estimate of drug-likeness (QED) is 0.480. The van der Waals surface area contributed by atoms with Crippen LogP contribution in [-0.4, -0.2) is 55.0 Å². The van der Waals surface area contributed by atoms with Gasteiger partial charge in [-0.2, -0.15) is 0 Å². The van der Waals surface area contributed by atoms with Crippen molar-refractivity contribution in [2.45, 2.75) is 44.8 Å². The molecule has 0 fully saturated rings. The van der Waals surface area contributed by atoms with Crippen LogP contribution in [0.3, 0.4) is 0 Å². The maximum atomic E-state index is 12.5. The molecule has 176 valence electrons. The molecule has 1 aliphatic rings. The highest BCUT2D eigenvalue weighted by atomic mass is 16.5. The van der Waals surface area contributed by atoms with Gasteiger partial charge in [0, 0.05) is 19.1 Å². The van der Waals surface area contributed by atoms with Crippen molar-refractivity contribution in [1.29, 1.82) is 0 Å². The third kappa shape index (κ3) is 6.10. The number of aliphatic carboxylic acids is 1. The molecular formula is C25H30N2O6. The summed E-state index contributed by atoms with van der Waals surface area (Å²) in [6.45, 7) is 4.06. The van der Waals surface area contributed by atoms with Gasteiger partial charge in [-0.1, -0.05) is 55.5 Å². The van der Waals surface area contributed by atoms with Gasteiger partial charge in [-0.05, 0) is 35.6 Å². The molecule has 2 amide bonds. The average Bonchev–Trinajstić information content (AvgIpc) is 3.13. The van der Waals surface area contributed by atoms with E-state index in [4.69, 9.17) is 14.6 Å². The van der Waals surface area contributed by atoms with E-state index in [2.05, 4.69) is 22.8 Å². The van der Waals surface area contributed by atoms with Gasteiger partial charge in [0.1, 0.15) is 12.6 Å². The van der Waals surface area contributed by atoms with Gasteiger partial charge in [0.15, 0.2) is 0 Å². The van der Waals surface area contributed by atoms with Crippen molar-refractivity contribution in [3.63, 3.8) is 0 Å². The van der Waals surface area contributed by atoms with Gasteiger partial charge in [0.2, 0.25) is 5.91 Å². The van der Waals surface area contributed by atoms with Crippen molar-refractivity contribution in [2.75, 3.05) is 19.8 Å². The van der Waals surface area contributed by atoms with Gasteiger partial charge in [-0.25, -0.2) is 4.79 Å². The van der Waals surface area contributed by atoms with Crippen LogP contribution in [0.15, 0.2) is 48.5 Å². The number of carbonyl (C=O) groups is 3. The molecule has 0 aromatic heterocycles. The van der Waals surface area contributed by atoms with Crippen LogP contribution >= 0.6 is 0 Å². The second kappa shape index (κ2) is 11.5. The second-order valence-corrected chi connectivity index (χ2v) is 7.85. The predicted molar refractivity (Wildman–Crippen MR) is 123 cm³/mol. The van der Waals surface area contributed by atoms with E-state index in [-0.39, 0.29) is 25.5 Å². The van der Waals surface area contributed by atoms with E-state index in [0.29, 0.717) is 13.0 Å². The van der Waals surface area contributed by atoms with Crippen LogP contribution in [0.25, 0.3) is 11.1 Å². The van der Waals surface area contributed by atoms with Crippen LogP contribution in [0.4, 0.5) is 4.79 Å². The molecule has 3 rings (SSSR count). The number of carboxylic acid groups (broad SMARTS) is 1. The van der Waals surface area contributed by atoms with Crippen molar-refractivity contribution in [1.82, 2.24) is 10.6 Å². The lowest BCUT2D eigenvalue weighted by molar-refractivity contribution is -0.140. The van der Waals surface area contributed by atoms with Crippen molar-refractivity contribution < 1.29 is 29.0 Å².